The Labute approximate surface area is 78.2 Å². The molecule has 0 fully saturated rings. The minimum Gasteiger partial charge on any atom is -0.481 e. The van der Waals surface area contributed by atoms with Crippen molar-refractivity contribution >= 4 is 5.97 Å². The van der Waals surface area contributed by atoms with E-state index >= 15 is 0 Å². The van der Waals surface area contributed by atoms with Crippen molar-refractivity contribution in [3.63, 3.8) is 0 Å². The molecule has 0 aliphatic carbocycles. The molecule has 78 valence electrons. The van der Waals surface area contributed by atoms with Crippen LogP contribution in [0.5, 0.6) is 0 Å². The van der Waals surface area contributed by atoms with Gasteiger partial charge in [0, 0.05) is 5.92 Å². The third-order valence-corrected chi connectivity index (χ3v) is 2.47. The summed E-state index contributed by atoms with van der Waals surface area (Å²) in [6.45, 7) is 4.88. The first kappa shape index (κ1) is 12.4. The predicted molar refractivity (Wildman–Crippen MR) is 48.3 cm³/mol. The van der Waals surface area contributed by atoms with Gasteiger partial charge in [-0.3, -0.25) is 4.79 Å². The molecule has 0 saturated heterocycles. The van der Waals surface area contributed by atoms with Gasteiger partial charge in [-0.1, -0.05) is 13.8 Å². The molecule has 0 unspecified atom stereocenters. The normalized spacial score (nSPS) is 20.4. The van der Waals surface area contributed by atoms with Crippen molar-refractivity contribution in [2.24, 2.45) is 11.8 Å². The van der Waals surface area contributed by atoms with Gasteiger partial charge in [-0.15, -0.1) is 0 Å². The monoisotopic (exact) mass is 190 g/mol. The number of carboxylic acids is 1. The Morgan fingerprint density at radius 1 is 1.31 bits per heavy atom. The van der Waals surface area contributed by atoms with Crippen LogP contribution in [0.15, 0.2) is 0 Å². The Balaban J connectivity index is 4.24. The molecule has 0 aromatic rings. The smallest absolute Gasteiger partial charge is 0.308 e. The van der Waals surface area contributed by atoms with Crippen molar-refractivity contribution in [1.82, 2.24) is 0 Å². The van der Waals surface area contributed by atoms with E-state index in [0.717, 1.165) is 0 Å². The lowest BCUT2D eigenvalue weighted by Gasteiger charge is -2.25. The lowest BCUT2D eigenvalue weighted by Crippen LogP contribution is -2.37. The molecule has 0 aromatic heterocycles. The van der Waals surface area contributed by atoms with Crippen LogP contribution >= 0.6 is 0 Å². The lowest BCUT2D eigenvalue weighted by atomic mass is 9.88. The molecule has 0 aliphatic heterocycles. The number of aliphatic hydroxyl groups excluding tert-OH is 2. The number of hydrogen-bond acceptors (Lipinski definition) is 3. The minimum atomic E-state index is -1.04. The summed E-state index contributed by atoms with van der Waals surface area (Å²) in [6.07, 6.45) is -1.12. The maximum absolute atomic E-state index is 10.5. The maximum atomic E-state index is 10.5. The summed E-state index contributed by atoms with van der Waals surface area (Å²) in [5, 5.41) is 27.5. The van der Waals surface area contributed by atoms with Crippen LogP contribution in [-0.4, -0.2) is 33.5 Å². The van der Waals surface area contributed by atoms with Gasteiger partial charge in [-0.2, -0.15) is 0 Å². The van der Waals surface area contributed by atoms with E-state index in [0.29, 0.717) is 6.42 Å². The third-order valence-electron chi connectivity index (χ3n) is 2.47. The van der Waals surface area contributed by atoms with E-state index in [1.165, 1.54) is 6.92 Å². The molecule has 0 amide bonds. The zero-order valence-corrected chi connectivity index (χ0v) is 8.27. The van der Waals surface area contributed by atoms with Crippen molar-refractivity contribution in [1.29, 1.82) is 0 Å². The van der Waals surface area contributed by atoms with Crippen LogP contribution in [0.1, 0.15) is 27.2 Å². The largest absolute Gasteiger partial charge is 0.481 e. The first-order valence-corrected chi connectivity index (χ1v) is 4.50. The Bertz CT molecular complexity index is 169. The number of rotatable bonds is 5. The summed E-state index contributed by atoms with van der Waals surface area (Å²) < 4.78 is 0. The summed E-state index contributed by atoms with van der Waals surface area (Å²) in [7, 11) is 0. The number of carbonyl (C=O) groups is 1. The van der Waals surface area contributed by atoms with Crippen molar-refractivity contribution in [3.8, 4) is 0 Å². The van der Waals surface area contributed by atoms with Gasteiger partial charge in [0.2, 0.25) is 0 Å². The number of aliphatic hydroxyl groups is 2. The van der Waals surface area contributed by atoms with Crippen molar-refractivity contribution < 1.29 is 20.1 Å². The molecule has 4 nitrogen and oxygen atoms in total. The molecule has 0 saturated carbocycles. The highest BCUT2D eigenvalue weighted by Crippen LogP contribution is 2.18. The first-order valence-electron chi connectivity index (χ1n) is 4.50. The van der Waals surface area contributed by atoms with Gasteiger partial charge in [0.05, 0.1) is 18.1 Å². The van der Waals surface area contributed by atoms with Gasteiger partial charge in [0.1, 0.15) is 0 Å². The SMILES string of the molecule is CC[C@@H](O)[C@@H](C)[C@@H](O)[C@H](C)C(=O)O. The molecule has 0 spiro atoms. The predicted octanol–water partition coefficient (Wildman–Crippen LogP) is 0.475. The summed E-state index contributed by atoms with van der Waals surface area (Å²) in [5.74, 6) is -2.28. The fourth-order valence-electron chi connectivity index (χ4n) is 1.20. The van der Waals surface area contributed by atoms with Crippen molar-refractivity contribution in [3.05, 3.63) is 0 Å². The Morgan fingerprint density at radius 2 is 1.77 bits per heavy atom. The summed E-state index contributed by atoms with van der Waals surface area (Å²) in [4.78, 5) is 10.5. The van der Waals surface area contributed by atoms with Crippen LogP contribution in [0.25, 0.3) is 0 Å². The second-order valence-electron chi connectivity index (χ2n) is 3.45. The molecule has 13 heavy (non-hydrogen) atoms. The average molecular weight is 190 g/mol. The van der Waals surface area contributed by atoms with Crippen molar-refractivity contribution in [2.45, 2.75) is 39.4 Å². The minimum absolute atomic E-state index is 0.406. The van der Waals surface area contributed by atoms with E-state index in [2.05, 4.69) is 0 Å². The highest BCUT2D eigenvalue weighted by Gasteiger charge is 2.29. The molecule has 4 atom stereocenters. The van der Waals surface area contributed by atoms with Crippen molar-refractivity contribution in [2.75, 3.05) is 0 Å². The molecule has 0 bridgehead atoms. The molecule has 4 heteroatoms. The lowest BCUT2D eigenvalue weighted by molar-refractivity contribution is -0.147. The summed E-state index contributed by atoms with van der Waals surface area (Å²) in [6, 6.07) is 0. The van der Waals surface area contributed by atoms with Crippen LogP contribution < -0.4 is 0 Å². The van der Waals surface area contributed by atoms with E-state index < -0.39 is 30.0 Å². The highest BCUT2D eigenvalue weighted by atomic mass is 16.4. The van der Waals surface area contributed by atoms with Gasteiger partial charge in [0.15, 0.2) is 0 Å². The van der Waals surface area contributed by atoms with Gasteiger partial charge < -0.3 is 15.3 Å². The Hall–Kier alpha value is -0.610. The fourth-order valence-corrected chi connectivity index (χ4v) is 1.20. The number of carboxylic acid groups (broad SMARTS) is 1. The number of hydrogen-bond donors (Lipinski definition) is 3. The standard InChI is InChI=1S/C9H18O4/c1-4-7(10)5(2)8(11)6(3)9(12)13/h5-8,10-11H,4H2,1-3H3,(H,12,13)/t5-,6+,7-,8-/m1/s1. The molecular weight excluding hydrogens is 172 g/mol. The molecule has 0 heterocycles. The van der Waals surface area contributed by atoms with Crippen LogP contribution in [0.2, 0.25) is 0 Å². The van der Waals surface area contributed by atoms with E-state index in [9.17, 15) is 15.0 Å². The van der Waals surface area contributed by atoms with E-state index in [-0.39, 0.29) is 0 Å². The summed E-state index contributed by atoms with van der Waals surface area (Å²) in [5.41, 5.74) is 0. The van der Waals surface area contributed by atoms with Crippen LogP contribution in [-0.2, 0) is 4.79 Å². The van der Waals surface area contributed by atoms with E-state index in [4.69, 9.17) is 5.11 Å². The second kappa shape index (κ2) is 5.19. The van der Waals surface area contributed by atoms with E-state index in [1.807, 2.05) is 0 Å². The van der Waals surface area contributed by atoms with Crippen LogP contribution in [0.3, 0.4) is 0 Å². The zero-order chi connectivity index (χ0) is 10.6. The molecule has 0 aromatic carbocycles. The zero-order valence-electron chi connectivity index (χ0n) is 8.27. The van der Waals surface area contributed by atoms with Gasteiger partial charge >= 0.3 is 5.97 Å². The second-order valence-corrected chi connectivity index (χ2v) is 3.45. The Morgan fingerprint density at radius 3 is 2.08 bits per heavy atom. The quantitative estimate of drug-likeness (QED) is 0.589. The van der Waals surface area contributed by atoms with Gasteiger partial charge in [-0.05, 0) is 13.3 Å². The number of aliphatic carboxylic acids is 1. The highest BCUT2D eigenvalue weighted by molar-refractivity contribution is 5.70. The molecular formula is C9H18O4. The van der Waals surface area contributed by atoms with Gasteiger partial charge in [0.25, 0.3) is 0 Å². The maximum Gasteiger partial charge on any atom is 0.308 e. The molecule has 3 N–H and O–H groups in total. The topological polar surface area (TPSA) is 77.8 Å². The average Bonchev–Trinajstić information content (AvgIpc) is 2.12. The van der Waals surface area contributed by atoms with Crippen LogP contribution in [0.4, 0.5) is 0 Å². The molecule has 0 rings (SSSR count). The Kier molecular flexibility index (Phi) is 4.95. The first-order chi connectivity index (χ1) is 5.91. The van der Waals surface area contributed by atoms with Gasteiger partial charge in [-0.25, -0.2) is 0 Å². The molecule has 0 aliphatic rings. The van der Waals surface area contributed by atoms with Crippen LogP contribution in [0, 0.1) is 11.8 Å². The summed E-state index contributed by atoms with van der Waals surface area (Å²) >= 11 is 0. The molecule has 0 radical (unpaired) electrons. The van der Waals surface area contributed by atoms with E-state index in [1.54, 1.807) is 13.8 Å². The third kappa shape index (κ3) is 3.32. The fraction of sp³-hybridized carbons (Fsp3) is 0.889.